The number of carbonyl (C=O) groups excluding carboxylic acids is 17. The van der Waals surface area contributed by atoms with Crippen LogP contribution in [0.25, 0.3) is 0 Å². The van der Waals surface area contributed by atoms with E-state index in [1.165, 1.54) is 38.1 Å². The quantitative estimate of drug-likeness (QED) is 0.0166. The molecule has 0 saturated heterocycles. The van der Waals surface area contributed by atoms with Crippen molar-refractivity contribution in [1.29, 1.82) is 10.8 Å². The third-order valence-electron chi connectivity index (χ3n) is 17.9. The fraction of sp³-hybridized carbons (Fsp3) is 0.562. The highest BCUT2D eigenvalue weighted by Gasteiger charge is 2.37. The number of nitrogens with two attached hydrogens (primary N) is 7. The van der Waals surface area contributed by atoms with Crippen molar-refractivity contribution in [3.63, 3.8) is 0 Å². The van der Waals surface area contributed by atoms with Crippen LogP contribution in [0.1, 0.15) is 122 Å². The minimum atomic E-state index is -1.86. The number of benzene rings is 2. The normalized spacial score (nSPS) is 14.3. The number of carboxylic acid groups (broad SMARTS) is 1. The van der Waals surface area contributed by atoms with Crippen LogP contribution in [0.3, 0.4) is 0 Å². The lowest BCUT2D eigenvalue weighted by Crippen LogP contribution is -2.61. The first-order valence-corrected chi connectivity index (χ1v) is 38.8. The third kappa shape index (κ3) is 41.8. The Morgan fingerprint density at radius 2 is 0.744 bits per heavy atom. The van der Waals surface area contributed by atoms with Gasteiger partial charge in [-0.25, -0.2) is 4.79 Å². The number of phenolic OH excluding ortho intramolecular Hbond substituents is 1. The van der Waals surface area contributed by atoms with Gasteiger partial charge in [-0.15, -0.1) is 0 Å². The summed E-state index contributed by atoms with van der Waals surface area (Å²) in [5, 5.41) is 96.8. The minimum absolute atomic E-state index is 0.00872. The summed E-state index contributed by atoms with van der Waals surface area (Å²) in [6.07, 6.45) is -3.60. The number of aliphatic carboxylic acids is 1. The average molecular weight is 1710 g/mol. The smallest absolute Gasteiger partial charge is 0.326 e. The molecule has 0 aromatic heterocycles. The largest absolute Gasteiger partial charge is 0.508 e. The number of guanidine groups is 2. The van der Waals surface area contributed by atoms with Crippen LogP contribution in [0.2, 0.25) is 0 Å². The first-order chi connectivity index (χ1) is 57.1. The molecule has 0 bridgehead atoms. The molecule has 0 spiro atoms. The molecule has 0 aliphatic heterocycles. The SMILES string of the molecule is C[C@H](NC(=O)CNC(=O)[C@@H](NC(=O)[C@H](Cc1ccccc1)NC(=O)CNC(=O)CN)[C@@H](C)O)C(=O)N[C@@H](CCCNC(=N)N)C(=O)N[C@@H](CCCCN)C(=O)N[C@@H](CO)C(=O)N[C@@H](C)C(=O)N[C@@H](CCCNC(=N)N)C(=O)N[C@@H](CCCCN)C(=O)N[C@@H](Cc1ccc(O)cc1)C(=O)N[C@@H](C)C(=O)N[C@@H](CC(N)=O)C(=O)N[C@@H](CCC(N)=O)C(=O)O. The molecule has 0 radical (unpaired) electrons. The van der Waals surface area contributed by atoms with E-state index in [4.69, 9.17) is 51.0 Å². The van der Waals surface area contributed by atoms with Crippen molar-refractivity contribution in [2.24, 2.45) is 40.1 Å². The van der Waals surface area contributed by atoms with Crippen LogP contribution in [-0.2, 0) is 99.1 Å². The Bertz CT molecular complexity index is 3860. The molecule has 0 heterocycles. The van der Waals surface area contributed by atoms with Gasteiger partial charge in [0, 0.05) is 32.4 Å². The first-order valence-electron chi connectivity index (χ1n) is 38.8. The number of hydrogen-bond donors (Lipinski definition) is 30. The van der Waals surface area contributed by atoms with Gasteiger partial charge in [0.15, 0.2) is 11.9 Å². The van der Waals surface area contributed by atoms with Gasteiger partial charge < -0.3 is 151 Å². The van der Waals surface area contributed by atoms with Crippen molar-refractivity contribution in [3.05, 3.63) is 65.7 Å². The summed E-state index contributed by atoms with van der Waals surface area (Å²) in [5.74, 6) is -19.8. The Morgan fingerprint density at radius 3 is 1.17 bits per heavy atom. The fourth-order valence-corrected chi connectivity index (χ4v) is 11.2. The summed E-state index contributed by atoms with van der Waals surface area (Å²) in [7, 11) is 0. The summed E-state index contributed by atoms with van der Waals surface area (Å²) >= 11 is 0. The van der Waals surface area contributed by atoms with Crippen molar-refractivity contribution in [3.8, 4) is 5.75 Å². The monoisotopic (exact) mass is 1710 g/mol. The fourth-order valence-electron chi connectivity index (χ4n) is 11.2. The number of aliphatic hydroxyl groups is 2. The molecule has 2 rings (SSSR count). The van der Waals surface area contributed by atoms with Gasteiger partial charge in [-0.2, -0.15) is 0 Å². The maximum absolute atomic E-state index is 14.5. The molecule has 37 N–H and O–H groups in total. The van der Waals surface area contributed by atoms with Crippen molar-refractivity contribution >= 4 is 118 Å². The van der Waals surface area contributed by atoms with Gasteiger partial charge in [0.1, 0.15) is 84.3 Å². The molecule has 48 nitrogen and oxygen atoms in total. The summed E-state index contributed by atoms with van der Waals surface area (Å²) in [5.41, 5.74) is 39.2. The van der Waals surface area contributed by atoms with Gasteiger partial charge in [0.05, 0.1) is 38.8 Å². The average Bonchev–Trinajstić information content (AvgIpc) is 0.951. The molecule has 672 valence electrons. The minimum Gasteiger partial charge on any atom is -0.508 e. The van der Waals surface area contributed by atoms with E-state index in [1.54, 1.807) is 30.3 Å². The molecule has 2 aromatic carbocycles. The van der Waals surface area contributed by atoms with Crippen LogP contribution in [-0.4, -0.2) is 276 Å². The second-order valence-electron chi connectivity index (χ2n) is 28.1. The van der Waals surface area contributed by atoms with E-state index in [-0.39, 0.29) is 96.1 Å². The summed E-state index contributed by atoms with van der Waals surface area (Å²) in [4.78, 5) is 241. The van der Waals surface area contributed by atoms with Crippen LogP contribution in [0.15, 0.2) is 54.6 Å². The molecule has 48 heteroatoms. The van der Waals surface area contributed by atoms with E-state index in [1.807, 2.05) is 0 Å². The number of carboxylic acids is 1. The van der Waals surface area contributed by atoms with Gasteiger partial charge in [0.25, 0.3) is 0 Å². The van der Waals surface area contributed by atoms with Crippen LogP contribution in [0.5, 0.6) is 5.75 Å². The molecular weight excluding hydrogens is 1590 g/mol. The summed E-state index contributed by atoms with van der Waals surface area (Å²) in [6.45, 7) is 1.95. The van der Waals surface area contributed by atoms with Crippen molar-refractivity contribution in [1.82, 2.24) is 90.4 Å². The summed E-state index contributed by atoms with van der Waals surface area (Å²) < 4.78 is 0. The number of hydrogen-bond acceptors (Lipinski definition) is 26. The zero-order chi connectivity index (χ0) is 91.0. The lowest BCUT2D eigenvalue weighted by molar-refractivity contribution is -0.143. The molecule has 17 amide bonds. The standard InChI is InChI=1S/C73H118N26O22/c1-37(87-56(106)35-86-70(119)58(40(4)101)99-68(117)49(30-41-14-6-5-7-15-41)90-57(107)34-85-55(105)33-76)59(108)91-46(18-12-28-83-72(79)80)62(111)94-45(17-9-11-27-75)65(114)98-52(36-100)69(118)89-38(2)60(109)92-47(19-13-29-84-73(81)82)63(112)93-44(16-8-10-26-74)64(113)97-50(31-42-20-22-43(102)23-21-42)66(115)88-39(3)61(110)96-51(32-54(78)104)67(116)95-48(71(120)121)24-25-53(77)103/h5-7,14-15,20-23,37-40,44-52,58,100-102H,8-13,16-19,24-36,74-76H2,1-4H3,(H2,77,103)(H2,78,104)(H,85,105)(H,86,119)(H,87,106)(H,88,115)(H,89,118)(H,90,107)(H,91,108)(H,92,109)(H,93,112)(H,94,111)(H,95,116)(H,96,110)(H,97,113)(H,98,114)(H,99,117)(H,120,121)(H4,79,80,83)(H4,81,82,84)/t37-,38-,39-,40+,44-,45-,46-,47-,48-,49-,50-,51-,52-,58-/m0/s1. The highest BCUT2D eigenvalue weighted by Crippen LogP contribution is 2.15. The maximum atomic E-state index is 14.5. The van der Waals surface area contributed by atoms with Gasteiger partial charge >= 0.3 is 5.97 Å². The second-order valence-corrected chi connectivity index (χ2v) is 28.1. The Kier molecular flexibility index (Phi) is 47.9. The number of rotatable bonds is 58. The second kappa shape index (κ2) is 55.7. The van der Waals surface area contributed by atoms with Crippen molar-refractivity contribution in [2.45, 2.75) is 209 Å². The van der Waals surface area contributed by atoms with Crippen molar-refractivity contribution in [2.75, 3.05) is 52.4 Å². The predicted molar refractivity (Wildman–Crippen MR) is 432 cm³/mol. The zero-order valence-electron chi connectivity index (χ0n) is 67.7. The van der Waals surface area contributed by atoms with Crippen LogP contribution in [0.4, 0.5) is 0 Å². The highest BCUT2D eigenvalue weighted by molar-refractivity contribution is 6.01. The van der Waals surface area contributed by atoms with Gasteiger partial charge in [-0.05, 0) is 135 Å². The Labute approximate surface area is 696 Å². The maximum Gasteiger partial charge on any atom is 0.326 e. The summed E-state index contributed by atoms with van der Waals surface area (Å²) in [6, 6.07) is -7.15. The Balaban J connectivity index is 2.39. The lowest BCUT2D eigenvalue weighted by Gasteiger charge is -2.27. The van der Waals surface area contributed by atoms with Crippen LogP contribution < -0.4 is 131 Å². The highest BCUT2D eigenvalue weighted by atomic mass is 16.4. The van der Waals surface area contributed by atoms with Crippen molar-refractivity contribution < 1.29 is 107 Å². The Hall–Kier alpha value is -13.0. The van der Waals surface area contributed by atoms with E-state index in [9.17, 15) is 107 Å². The topological polar surface area (TPSA) is 823 Å². The molecular formula is C73H118N26O22. The number of unbranched alkanes of at least 4 members (excludes halogenated alkanes) is 2. The number of phenols is 1. The van der Waals surface area contributed by atoms with Gasteiger partial charge in [0.2, 0.25) is 100 Å². The van der Waals surface area contributed by atoms with Crippen LogP contribution in [0, 0.1) is 10.8 Å². The molecule has 0 fully saturated rings. The van der Waals surface area contributed by atoms with E-state index >= 15 is 0 Å². The molecule has 0 aliphatic rings. The lowest BCUT2D eigenvalue weighted by atomic mass is 10.0. The number of primary amides is 2. The molecule has 0 aliphatic carbocycles. The van der Waals surface area contributed by atoms with E-state index in [0.717, 1.165) is 13.8 Å². The molecule has 2 aromatic rings. The Morgan fingerprint density at radius 1 is 0.372 bits per heavy atom. The number of aromatic hydroxyl groups is 1. The number of nitrogens with one attached hydrogen (secondary N) is 19. The number of amides is 17. The third-order valence-corrected chi connectivity index (χ3v) is 17.9. The molecule has 0 unspecified atom stereocenters. The van der Waals surface area contributed by atoms with Crippen LogP contribution >= 0.6 is 0 Å². The number of aliphatic hydroxyl groups excluding tert-OH is 2. The molecule has 14 atom stereocenters. The molecule has 0 saturated carbocycles. The van der Waals surface area contributed by atoms with E-state index in [2.05, 4.69) is 90.4 Å². The van der Waals surface area contributed by atoms with E-state index in [0.29, 0.717) is 24.0 Å². The molecule has 121 heavy (non-hydrogen) atoms. The number of carbonyl (C=O) groups is 18. The first kappa shape index (κ1) is 104. The van der Waals surface area contributed by atoms with E-state index < -0.39 is 248 Å². The zero-order valence-corrected chi connectivity index (χ0v) is 67.7. The van der Waals surface area contributed by atoms with Gasteiger partial charge in [-0.3, -0.25) is 92.3 Å². The predicted octanol–water partition coefficient (Wildman–Crippen LogP) is -11.9. The van der Waals surface area contributed by atoms with Gasteiger partial charge in [-0.1, -0.05) is 42.5 Å².